The summed E-state index contributed by atoms with van der Waals surface area (Å²) >= 11 is 0. The monoisotopic (exact) mass is 322 g/mol. The van der Waals surface area contributed by atoms with Gasteiger partial charge < -0.3 is 14.5 Å². The lowest BCUT2D eigenvalue weighted by Gasteiger charge is -2.36. The van der Waals surface area contributed by atoms with Crippen LogP contribution in [0.2, 0.25) is 0 Å². The predicted molar refractivity (Wildman–Crippen MR) is 86.4 cm³/mol. The van der Waals surface area contributed by atoms with Crippen LogP contribution in [-0.4, -0.2) is 48.6 Å². The SMILES string of the molecule is CC(=O)c1ccc(N2CCN(C(=O)OC(C)(C)C)CC2)c(F)c1. The molecular weight excluding hydrogens is 299 g/mol. The number of anilines is 1. The molecule has 0 atom stereocenters. The first-order chi connectivity index (χ1) is 10.7. The van der Waals surface area contributed by atoms with Gasteiger partial charge in [-0.1, -0.05) is 0 Å². The van der Waals surface area contributed by atoms with Crippen LogP contribution >= 0.6 is 0 Å². The Bertz CT molecular complexity index is 602. The molecule has 0 N–H and O–H groups in total. The van der Waals surface area contributed by atoms with Gasteiger partial charge in [0.05, 0.1) is 5.69 Å². The average molecular weight is 322 g/mol. The number of ether oxygens (including phenoxy) is 1. The number of hydrogen-bond donors (Lipinski definition) is 0. The first-order valence-electron chi connectivity index (χ1n) is 7.71. The van der Waals surface area contributed by atoms with Gasteiger partial charge in [0.2, 0.25) is 0 Å². The summed E-state index contributed by atoms with van der Waals surface area (Å²) in [6.45, 7) is 8.89. The van der Waals surface area contributed by atoms with Crippen molar-refractivity contribution in [2.75, 3.05) is 31.1 Å². The third-order valence-electron chi connectivity index (χ3n) is 3.63. The molecule has 5 nitrogen and oxygen atoms in total. The maximum Gasteiger partial charge on any atom is 0.410 e. The summed E-state index contributed by atoms with van der Waals surface area (Å²) in [4.78, 5) is 26.8. The average Bonchev–Trinajstić information content (AvgIpc) is 2.45. The van der Waals surface area contributed by atoms with Crippen LogP contribution in [0.15, 0.2) is 18.2 Å². The topological polar surface area (TPSA) is 49.9 Å². The molecule has 1 aromatic carbocycles. The molecule has 1 aliphatic heterocycles. The maximum absolute atomic E-state index is 14.2. The number of carbonyl (C=O) groups is 2. The smallest absolute Gasteiger partial charge is 0.410 e. The van der Waals surface area contributed by atoms with Crippen molar-refractivity contribution in [3.8, 4) is 0 Å². The number of piperazine rings is 1. The van der Waals surface area contributed by atoms with Crippen LogP contribution in [0.4, 0.5) is 14.9 Å². The fraction of sp³-hybridized carbons (Fsp3) is 0.529. The van der Waals surface area contributed by atoms with Crippen LogP contribution in [0.25, 0.3) is 0 Å². The summed E-state index contributed by atoms with van der Waals surface area (Å²) in [6.07, 6.45) is -0.343. The van der Waals surface area contributed by atoms with E-state index in [1.54, 1.807) is 17.0 Å². The Kier molecular flexibility index (Phi) is 4.92. The first kappa shape index (κ1) is 17.2. The van der Waals surface area contributed by atoms with Crippen molar-refractivity contribution in [2.24, 2.45) is 0 Å². The lowest BCUT2D eigenvalue weighted by Crippen LogP contribution is -2.50. The van der Waals surface area contributed by atoms with Crippen LogP contribution < -0.4 is 4.90 Å². The number of carbonyl (C=O) groups excluding carboxylic acids is 2. The summed E-state index contributed by atoms with van der Waals surface area (Å²) in [7, 11) is 0. The van der Waals surface area contributed by atoms with Crippen LogP contribution in [0.3, 0.4) is 0 Å². The molecule has 1 saturated heterocycles. The number of rotatable bonds is 2. The predicted octanol–water partition coefficient (Wildman–Crippen LogP) is 3.09. The molecule has 1 aliphatic rings. The standard InChI is InChI=1S/C17H23FN2O3/c1-12(21)13-5-6-15(14(18)11-13)19-7-9-20(10-8-19)16(22)23-17(2,3)4/h5-6,11H,7-10H2,1-4H3. The van der Waals surface area contributed by atoms with E-state index >= 15 is 0 Å². The maximum atomic E-state index is 14.2. The summed E-state index contributed by atoms with van der Waals surface area (Å²) in [5.41, 5.74) is 0.292. The van der Waals surface area contributed by atoms with Crippen molar-refractivity contribution in [3.05, 3.63) is 29.6 Å². The third kappa shape index (κ3) is 4.43. The summed E-state index contributed by atoms with van der Waals surface area (Å²) in [5, 5.41) is 0. The zero-order valence-corrected chi connectivity index (χ0v) is 14.1. The Morgan fingerprint density at radius 1 is 1.13 bits per heavy atom. The highest BCUT2D eigenvalue weighted by Gasteiger charge is 2.26. The molecule has 23 heavy (non-hydrogen) atoms. The highest BCUT2D eigenvalue weighted by Crippen LogP contribution is 2.23. The summed E-state index contributed by atoms with van der Waals surface area (Å²) in [6, 6.07) is 4.51. The second-order valence-electron chi connectivity index (χ2n) is 6.68. The lowest BCUT2D eigenvalue weighted by molar-refractivity contribution is 0.0240. The van der Waals surface area contributed by atoms with Crippen LogP contribution in [-0.2, 0) is 4.74 Å². The summed E-state index contributed by atoms with van der Waals surface area (Å²) < 4.78 is 19.5. The van der Waals surface area contributed by atoms with Gasteiger partial charge in [-0.3, -0.25) is 4.79 Å². The highest BCUT2D eigenvalue weighted by atomic mass is 19.1. The van der Waals surface area contributed by atoms with Gasteiger partial charge in [-0.2, -0.15) is 0 Å². The largest absolute Gasteiger partial charge is 0.444 e. The van der Waals surface area contributed by atoms with Gasteiger partial charge in [0.15, 0.2) is 5.78 Å². The van der Waals surface area contributed by atoms with Gasteiger partial charge in [0, 0.05) is 31.7 Å². The Morgan fingerprint density at radius 2 is 1.74 bits per heavy atom. The van der Waals surface area contributed by atoms with Gasteiger partial charge in [-0.25, -0.2) is 9.18 Å². The lowest BCUT2D eigenvalue weighted by atomic mass is 10.1. The van der Waals surface area contributed by atoms with Crippen molar-refractivity contribution in [1.82, 2.24) is 4.90 Å². The number of benzene rings is 1. The van der Waals surface area contributed by atoms with Crippen LogP contribution in [0.5, 0.6) is 0 Å². The van der Waals surface area contributed by atoms with E-state index in [0.29, 0.717) is 37.4 Å². The molecule has 1 aromatic rings. The minimum absolute atomic E-state index is 0.162. The van der Waals surface area contributed by atoms with E-state index < -0.39 is 11.4 Å². The van der Waals surface area contributed by atoms with Gasteiger partial charge >= 0.3 is 6.09 Å². The molecule has 6 heteroatoms. The van der Waals surface area contributed by atoms with E-state index in [-0.39, 0.29) is 11.9 Å². The van der Waals surface area contributed by atoms with Crippen LogP contribution in [0, 0.1) is 5.82 Å². The Morgan fingerprint density at radius 3 is 2.22 bits per heavy atom. The Labute approximate surface area is 136 Å². The van der Waals surface area contributed by atoms with Gasteiger partial charge in [-0.05, 0) is 45.9 Å². The molecule has 0 radical (unpaired) electrons. The second kappa shape index (κ2) is 6.56. The number of hydrogen-bond acceptors (Lipinski definition) is 4. The van der Waals surface area contributed by atoms with Gasteiger partial charge in [0.1, 0.15) is 11.4 Å². The van der Waals surface area contributed by atoms with E-state index in [1.807, 2.05) is 25.7 Å². The van der Waals surface area contributed by atoms with E-state index in [2.05, 4.69) is 0 Å². The van der Waals surface area contributed by atoms with E-state index in [4.69, 9.17) is 4.74 Å². The van der Waals surface area contributed by atoms with Crippen molar-refractivity contribution in [3.63, 3.8) is 0 Å². The fourth-order valence-electron chi connectivity index (χ4n) is 2.44. The molecule has 0 spiro atoms. The highest BCUT2D eigenvalue weighted by molar-refractivity contribution is 5.94. The van der Waals surface area contributed by atoms with E-state index in [9.17, 15) is 14.0 Å². The summed E-state index contributed by atoms with van der Waals surface area (Å²) in [5.74, 6) is -0.575. The molecular formula is C17H23FN2O3. The number of ketones is 1. The molecule has 0 unspecified atom stereocenters. The van der Waals surface area contributed by atoms with Gasteiger partial charge in [-0.15, -0.1) is 0 Å². The number of Topliss-reactive ketones (excluding diaryl/α,β-unsaturated/α-hetero) is 1. The molecule has 0 aliphatic carbocycles. The van der Waals surface area contributed by atoms with Crippen molar-refractivity contribution in [2.45, 2.75) is 33.3 Å². The Balaban J connectivity index is 1.99. The first-order valence-corrected chi connectivity index (χ1v) is 7.71. The molecule has 0 saturated carbocycles. The normalized spacial score (nSPS) is 15.5. The molecule has 1 heterocycles. The quantitative estimate of drug-likeness (QED) is 0.785. The van der Waals surface area contributed by atoms with E-state index in [0.717, 1.165) is 0 Å². The Hall–Kier alpha value is -2.11. The minimum Gasteiger partial charge on any atom is -0.444 e. The van der Waals surface area contributed by atoms with Gasteiger partial charge in [0.25, 0.3) is 0 Å². The molecule has 0 bridgehead atoms. The number of halogens is 1. The minimum atomic E-state index is -0.525. The molecule has 2 rings (SSSR count). The zero-order valence-electron chi connectivity index (χ0n) is 14.1. The van der Waals surface area contributed by atoms with Crippen molar-refractivity contribution >= 4 is 17.6 Å². The number of amides is 1. The van der Waals surface area contributed by atoms with Crippen LogP contribution in [0.1, 0.15) is 38.1 Å². The van der Waals surface area contributed by atoms with Crippen molar-refractivity contribution in [1.29, 1.82) is 0 Å². The zero-order chi connectivity index (χ0) is 17.2. The molecule has 0 aromatic heterocycles. The second-order valence-corrected chi connectivity index (χ2v) is 6.68. The third-order valence-corrected chi connectivity index (χ3v) is 3.63. The fourth-order valence-corrected chi connectivity index (χ4v) is 2.44. The molecule has 1 fully saturated rings. The molecule has 1 amide bonds. The number of nitrogens with zero attached hydrogens (tertiary/aromatic N) is 2. The van der Waals surface area contributed by atoms with E-state index in [1.165, 1.54) is 13.0 Å². The molecule has 126 valence electrons. The van der Waals surface area contributed by atoms with Crippen molar-refractivity contribution < 1.29 is 18.7 Å².